The van der Waals surface area contributed by atoms with Crippen molar-refractivity contribution in [3.63, 3.8) is 0 Å². The van der Waals surface area contributed by atoms with Crippen LogP contribution in [0.25, 0.3) is 23.3 Å². The Balaban J connectivity index is 1.34. The monoisotopic (exact) mass is 763 g/mol. The molecule has 3 aromatic carbocycles. The molecule has 0 bridgehead atoms. The van der Waals surface area contributed by atoms with Gasteiger partial charge in [-0.2, -0.15) is 13.2 Å². The van der Waals surface area contributed by atoms with E-state index in [1.54, 1.807) is 30.5 Å². The number of amides is 1. The molecule has 4 N–H and O–H groups in total. The van der Waals surface area contributed by atoms with Gasteiger partial charge in [-0.3, -0.25) is 28.5 Å². The molecule has 0 radical (unpaired) electrons. The van der Waals surface area contributed by atoms with Gasteiger partial charge in [0, 0.05) is 65.4 Å². The Hall–Kier alpha value is -5.05. The third kappa shape index (κ3) is 10.1. The van der Waals surface area contributed by atoms with Crippen molar-refractivity contribution in [2.45, 2.75) is 39.5 Å². The van der Waals surface area contributed by atoms with Crippen LogP contribution >= 0.6 is 0 Å². The highest BCUT2D eigenvalue weighted by Crippen LogP contribution is 2.38. The van der Waals surface area contributed by atoms with E-state index in [-0.39, 0.29) is 35.8 Å². The number of aliphatic carboxylic acids is 1. The van der Waals surface area contributed by atoms with Crippen LogP contribution in [0, 0.1) is 24.5 Å². The van der Waals surface area contributed by atoms with Gasteiger partial charge in [-0.05, 0) is 90.0 Å². The van der Waals surface area contributed by atoms with Crippen LogP contribution in [-0.2, 0) is 33.8 Å². The fraction of sp³-hybridized carbons (Fsp3) is 0.325. The fourth-order valence-corrected chi connectivity index (χ4v) is 7.01. The van der Waals surface area contributed by atoms with Gasteiger partial charge in [-0.25, -0.2) is 0 Å². The minimum atomic E-state index is -4.64. The van der Waals surface area contributed by atoms with Crippen molar-refractivity contribution in [2.75, 3.05) is 44.1 Å². The van der Waals surface area contributed by atoms with Gasteiger partial charge in [-0.15, -0.1) is 0 Å². The molecule has 1 amide bonds. The number of hydrogen-bond acceptors (Lipinski definition) is 8. The summed E-state index contributed by atoms with van der Waals surface area (Å²) in [4.78, 5) is 30.7. The van der Waals surface area contributed by atoms with Gasteiger partial charge in [0.2, 0.25) is 0 Å². The number of carboxylic acid groups (broad SMARTS) is 1. The van der Waals surface area contributed by atoms with Crippen molar-refractivity contribution < 1.29 is 36.8 Å². The molecule has 1 saturated heterocycles. The first-order chi connectivity index (χ1) is 25.5. The highest BCUT2D eigenvalue weighted by atomic mass is 32.2. The lowest BCUT2D eigenvalue weighted by Gasteiger charge is -2.20. The molecule has 1 fully saturated rings. The molecule has 10 nitrogen and oxygen atoms in total. The molecule has 286 valence electrons. The molecule has 14 heteroatoms. The molecule has 0 aliphatic carbocycles. The number of halogens is 3. The Morgan fingerprint density at radius 1 is 1.06 bits per heavy atom. The van der Waals surface area contributed by atoms with Gasteiger partial charge in [0.1, 0.15) is 11.4 Å². The Labute approximate surface area is 313 Å². The molecule has 1 aliphatic rings. The second kappa shape index (κ2) is 17.0. The number of rotatable bonds is 14. The first kappa shape index (κ1) is 40.1. The highest BCUT2D eigenvalue weighted by Gasteiger charge is 2.35. The number of aromatic nitrogens is 1. The van der Waals surface area contributed by atoms with E-state index < -0.39 is 39.3 Å². The maximum absolute atomic E-state index is 14.4. The third-order valence-corrected chi connectivity index (χ3v) is 10.5. The number of benzene rings is 3. The number of carbonyl (C=O) groups is 2. The van der Waals surface area contributed by atoms with Gasteiger partial charge < -0.3 is 20.5 Å². The van der Waals surface area contributed by atoms with Crippen LogP contribution in [0.1, 0.15) is 55.9 Å². The second-order valence-electron chi connectivity index (χ2n) is 13.5. The van der Waals surface area contributed by atoms with E-state index in [9.17, 15) is 32.1 Å². The Kier molecular flexibility index (Phi) is 12.6. The molecular weight excluding hydrogens is 720 g/mol. The van der Waals surface area contributed by atoms with E-state index in [0.29, 0.717) is 42.9 Å². The number of methoxy groups -OCH3 is 1. The van der Waals surface area contributed by atoms with E-state index in [1.165, 1.54) is 25.5 Å². The second-order valence-corrected chi connectivity index (χ2v) is 15.9. The van der Waals surface area contributed by atoms with Crippen molar-refractivity contribution in [3.8, 4) is 16.9 Å². The summed E-state index contributed by atoms with van der Waals surface area (Å²) in [7, 11) is -1.17. The minimum Gasteiger partial charge on any atom is -0.496 e. The molecule has 54 heavy (non-hydrogen) atoms. The van der Waals surface area contributed by atoms with Gasteiger partial charge in [0.15, 0.2) is 0 Å². The Morgan fingerprint density at radius 2 is 1.76 bits per heavy atom. The predicted molar refractivity (Wildman–Crippen MR) is 205 cm³/mol. The third-order valence-electron chi connectivity index (χ3n) is 9.52. The molecule has 0 spiro atoms. The number of hydrogen-bond donors (Lipinski definition) is 4. The smallest absolute Gasteiger partial charge is 0.417 e. The summed E-state index contributed by atoms with van der Waals surface area (Å²) in [6.07, 6.45) is 1.85. The lowest BCUT2D eigenvalue weighted by molar-refractivity contribution is -0.141. The summed E-state index contributed by atoms with van der Waals surface area (Å²) in [5.41, 5.74) is 5.12. The maximum atomic E-state index is 14.4. The lowest BCUT2D eigenvalue weighted by Crippen LogP contribution is -2.23. The SMILES string of the molecule is COc1cc(/C=C/c2cccc(-c3cccc(NC(=O)c4ccc(CNCCS(C)(=N)=O)cn4)c3C)c2C)c(C(F)(F)F)cc1CN1CC[C@@H](C(=O)O)C1. The van der Waals surface area contributed by atoms with Crippen molar-refractivity contribution in [1.82, 2.24) is 15.2 Å². The Bertz CT molecular complexity index is 2150. The van der Waals surface area contributed by atoms with E-state index in [0.717, 1.165) is 33.9 Å². The highest BCUT2D eigenvalue weighted by molar-refractivity contribution is 7.91. The summed E-state index contributed by atoms with van der Waals surface area (Å²) in [5, 5.41) is 15.4. The molecule has 4 aromatic rings. The zero-order valence-electron chi connectivity index (χ0n) is 30.5. The van der Waals surface area contributed by atoms with Crippen LogP contribution in [0.3, 0.4) is 0 Å². The average Bonchev–Trinajstić information content (AvgIpc) is 3.59. The predicted octanol–water partition coefficient (Wildman–Crippen LogP) is 7.49. The molecule has 1 aromatic heterocycles. The summed E-state index contributed by atoms with van der Waals surface area (Å²) < 4.78 is 67.8. The van der Waals surface area contributed by atoms with Crippen molar-refractivity contribution in [1.29, 1.82) is 4.78 Å². The molecule has 1 aliphatic heterocycles. The number of ether oxygens (including phenoxy) is 1. The minimum absolute atomic E-state index is 0.0617. The zero-order valence-corrected chi connectivity index (χ0v) is 31.4. The van der Waals surface area contributed by atoms with E-state index in [2.05, 4.69) is 15.6 Å². The van der Waals surface area contributed by atoms with Crippen molar-refractivity contribution >= 4 is 39.4 Å². The number of anilines is 1. The van der Waals surface area contributed by atoms with Crippen LogP contribution in [0.5, 0.6) is 5.75 Å². The summed E-state index contributed by atoms with van der Waals surface area (Å²) in [5.74, 6) is -1.33. The standard InChI is InChI=1S/C40H44F3N5O5S/c1-25-28(12-13-29-20-37(53-3)31(19-34(29)40(41,42)43)24-48-17-15-30(23-48)39(50)51)7-5-8-32(25)33-9-6-10-35(26(33)2)47-38(49)36-14-11-27(22-46-36)21-45-16-18-54(4,44)52/h5-14,19-20,22,30,44-45H,15-18,21,23-24H2,1-4H3,(H,47,49)(H,50,51)/b13-12+/t30-,54?/m1/s1. The number of alkyl halides is 3. The largest absolute Gasteiger partial charge is 0.496 e. The number of likely N-dealkylation sites (tertiary alicyclic amines) is 1. The first-order valence-corrected chi connectivity index (χ1v) is 19.5. The Morgan fingerprint density at radius 3 is 2.39 bits per heavy atom. The van der Waals surface area contributed by atoms with E-state index >= 15 is 0 Å². The van der Waals surface area contributed by atoms with E-state index in [4.69, 9.17) is 9.52 Å². The maximum Gasteiger partial charge on any atom is 0.417 e. The summed E-state index contributed by atoms with van der Waals surface area (Å²) in [6, 6.07) is 17.0. The number of pyridine rings is 1. The van der Waals surface area contributed by atoms with Gasteiger partial charge in [0.05, 0.1) is 18.6 Å². The molecule has 1 unspecified atom stereocenters. The van der Waals surface area contributed by atoms with Crippen LogP contribution in [0.2, 0.25) is 0 Å². The summed E-state index contributed by atoms with van der Waals surface area (Å²) >= 11 is 0. The average molecular weight is 764 g/mol. The van der Waals surface area contributed by atoms with Crippen molar-refractivity contribution in [3.05, 3.63) is 111 Å². The topological polar surface area (TPSA) is 145 Å². The van der Waals surface area contributed by atoms with Crippen LogP contribution < -0.4 is 15.4 Å². The summed E-state index contributed by atoms with van der Waals surface area (Å²) in [6.45, 7) is 5.53. The zero-order chi connectivity index (χ0) is 39.2. The fourth-order valence-electron chi connectivity index (χ4n) is 6.47. The quantitative estimate of drug-likeness (QED) is 0.0765. The number of carbonyl (C=O) groups excluding carboxylic acids is 1. The van der Waals surface area contributed by atoms with Crippen molar-refractivity contribution in [2.24, 2.45) is 5.92 Å². The number of nitrogens with one attached hydrogen (secondary N) is 3. The molecule has 5 rings (SSSR count). The molecule has 2 atom stereocenters. The molecular formula is C40H44F3N5O5S. The van der Waals surface area contributed by atoms with E-state index in [1.807, 2.05) is 49.1 Å². The van der Waals surface area contributed by atoms with Gasteiger partial charge in [0.25, 0.3) is 5.91 Å². The molecule has 2 heterocycles. The lowest BCUT2D eigenvalue weighted by atomic mass is 9.92. The molecule has 0 saturated carbocycles. The van der Waals surface area contributed by atoms with Crippen LogP contribution in [0.15, 0.2) is 66.9 Å². The normalized spacial score (nSPS) is 16.0. The van der Waals surface area contributed by atoms with Gasteiger partial charge in [-0.1, -0.05) is 48.6 Å². The van der Waals surface area contributed by atoms with Crippen LogP contribution in [0.4, 0.5) is 18.9 Å². The van der Waals surface area contributed by atoms with Crippen LogP contribution in [-0.4, -0.2) is 69.8 Å². The number of nitrogens with zero attached hydrogens (tertiary/aromatic N) is 2. The van der Waals surface area contributed by atoms with Gasteiger partial charge >= 0.3 is 12.1 Å². The first-order valence-electron chi connectivity index (χ1n) is 17.3. The number of carboxylic acids is 1.